The molecule has 0 aromatic rings. The van der Waals surface area contributed by atoms with Crippen LogP contribution in [0.15, 0.2) is 24.3 Å². The SMILES string of the molecule is C=C1CC23CC1CCC2C12OC(=O)C(C)(C=CC1O)C2C3C(=O)O. The number of allylic oxidation sites excluding steroid dienone is 1. The van der Waals surface area contributed by atoms with E-state index < -0.39 is 40.3 Å². The lowest BCUT2D eigenvalue weighted by Gasteiger charge is -2.44. The van der Waals surface area contributed by atoms with Crippen LogP contribution < -0.4 is 0 Å². The molecule has 5 nitrogen and oxygen atoms in total. The Labute approximate surface area is 140 Å². The van der Waals surface area contributed by atoms with Crippen molar-refractivity contribution in [3.05, 3.63) is 24.3 Å². The molecule has 5 heteroatoms. The number of carboxylic acid groups (broad SMARTS) is 1. The first-order valence-corrected chi connectivity index (χ1v) is 8.79. The first-order valence-electron chi connectivity index (χ1n) is 8.79. The monoisotopic (exact) mass is 330 g/mol. The lowest BCUT2D eigenvalue weighted by Crippen LogP contribution is -2.54. The molecule has 1 aliphatic heterocycles. The molecule has 4 aliphatic carbocycles. The maximum atomic E-state index is 12.6. The molecular weight excluding hydrogens is 308 g/mol. The van der Waals surface area contributed by atoms with E-state index in [1.165, 1.54) is 0 Å². The summed E-state index contributed by atoms with van der Waals surface area (Å²) in [5, 5.41) is 21.0. The van der Waals surface area contributed by atoms with E-state index in [0.29, 0.717) is 12.3 Å². The molecule has 0 amide bonds. The van der Waals surface area contributed by atoms with Crippen LogP contribution in [-0.4, -0.2) is 33.9 Å². The lowest BCUT2D eigenvalue weighted by molar-refractivity contribution is -0.170. The van der Waals surface area contributed by atoms with Crippen molar-refractivity contribution in [2.24, 2.45) is 34.5 Å². The number of carbonyl (C=O) groups excluding carboxylic acids is 1. The fraction of sp³-hybridized carbons (Fsp3) is 0.684. The van der Waals surface area contributed by atoms with Crippen molar-refractivity contribution < 1.29 is 24.5 Å². The summed E-state index contributed by atoms with van der Waals surface area (Å²) in [5.41, 5.74) is -1.35. The minimum atomic E-state index is -1.08. The topological polar surface area (TPSA) is 83.8 Å². The van der Waals surface area contributed by atoms with Crippen molar-refractivity contribution in [1.82, 2.24) is 0 Å². The Morgan fingerprint density at radius 1 is 1.42 bits per heavy atom. The molecule has 0 aromatic carbocycles. The van der Waals surface area contributed by atoms with Gasteiger partial charge in [-0.25, -0.2) is 0 Å². The molecule has 3 saturated carbocycles. The average Bonchev–Trinajstić information content (AvgIpc) is 2.99. The molecule has 128 valence electrons. The number of hydrogen-bond donors (Lipinski definition) is 2. The van der Waals surface area contributed by atoms with Gasteiger partial charge in [0.15, 0.2) is 0 Å². The standard InChI is InChI=1S/C19H22O5/c1-9-7-18-8-10(9)3-4-11(18)19-12(20)5-6-17(2,16(23)24-19)14(19)13(18)15(21)22/h5-6,10-14,20H,1,3-4,7-8H2,2H3,(H,21,22). The number of fused-ring (bicyclic) bond motifs is 1. The van der Waals surface area contributed by atoms with Gasteiger partial charge in [0.1, 0.15) is 11.7 Å². The summed E-state index contributed by atoms with van der Waals surface area (Å²) in [7, 11) is 0. The van der Waals surface area contributed by atoms with Gasteiger partial charge in [-0.1, -0.05) is 24.3 Å². The Morgan fingerprint density at radius 2 is 2.17 bits per heavy atom. The van der Waals surface area contributed by atoms with Crippen LogP contribution in [-0.2, 0) is 14.3 Å². The second-order valence-corrected chi connectivity index (χ2v) is 8.72. The highest BCUT2D eigenvalue weighted by molar-refractivity contribution is 5.87. The molecule has 8 atom stereocenters. The Kier molecular flexibility index (Phi) is 2.42. The number of carbonyl (C=O) groups is 2. The zero-order valence-electron chi connectivity index (χ0n) is 13.7. The predicted molar refractivity (Wildman–Crippen MR) is 83.7 cm³/mol. The van der Waals surface area contributed by atoms with Gasteiger partial charge in [0, 0.05) is 11.8 Å². The molecule has 0 radical (unpaired) electrons. The van der Waals surface area contributed by atoms with Gasteiger partial charge >= 0.3 is 11.9 Å². The largest absolute Gasteiger partial charge is 0.481 e. The van der Waals surface area contributed by atoms with E-state index in [1.807, 2.05) is 0 Å². The van der Waals surface area contributed by atoms with E-state index in [0.717, 1.165) is 24.8 Å². The van der Waals surface area contributed by atoms with Crippen molar-refractivity contribution in [1.29, 1.82) is 0 Å². The number of esters is 1. The first kappa shape index (κ1) is 14.7. The first-order chi connectivity index (χ1) is 11.3. The van der Waals surface area contributed by atoms with Gasteiger partial charge in [-0.2, -0.15) is 0 Å². The predicted octanol–water partition coefficient (Wildman–Crippen LogP) is 1.91. The molecule has 0 aromatic heterocycles. The van der Waals surface area contributed by atoms with Gasteiger partial charge in [0.2, 0.25) is 0 Å². The van der Waals surface area contributed by atoms with Crippen molar-refractivity contribution >= 4 is 11.9 Å². The van der Waals surface area contributed by atoms with Crippen LogP contribution in [0.3, 0.4) is 0 Å². The normalized spacial score (nSPS) is 56.8. The number of hydrogen-bond acceptors (Lipinski definition) is 4. The number of aliphatic carboxylic acids is 1. The molecule has 5 aliphatic rings. The second-order valence-electron chi connectivity index (χ2n) is 8.72. The van der Waals surface area contributed by atoms with Gasteiger partial charge in [-0.05, 0) is 43.9 Å². The maximum absolute atomic E-state index is 12.6. The van der Waals surface area contributed by atoms with E-state index in [4.69, 9.17) is 4.74 Å². The van der Waals surface area contributed by atoms with E-state index >= 15 is 0 Å². The van der Waals surface area contributed by atoms with E-state index in [1.54, 1.807) is 19.1 Å². The Hall–Kier alpha value is -1.62. The van der Waals surface area contributed by atoms with Gasteiger partial charge in [0.25, 0.3) is 0 Å². The van der Waals surface area contributed by atoms with Crippen molar-refractivity contribution in [3.63, 3.8) is 0 Å². The molecule has 1 spiro atoms. The highest BCUT2D eigenvalue weighted by Gasteiger charge is 2.83. The van der Waals surface area contributed by atoms with Crippen LogP contribution in [0.25, 0.3) is 0 Å². The van der Waals surface area contributed by atoms with Gasteiger partial charge in [0.05, 0.1) is 11.3 Å². The molecule has 4 bridgehead atoms. The van der Waals surface area contributed by atoms with Gasteiger partial charge in [-0.3, -0.25) is 9.59 Å². The van der Waals surface area contributed by atoms with Crippen LogP contribution in [0.1, 0.15) is 32.6 Å². The number of carboxylic acids is 1. The van der Waals surface area contributed by atoms with Crippen LogP contribution in [0.5, 0.6) is 0 Å². The summed E-state index contributed by atoms with van der Waals surface area (Å²) >= 11 is 0. The fourth-order valence-electron chi connectivity index (χ4n) is 7.21. The minimum Gasteiger partial charge on any atom is -0.481 e. The van der Waals surface area contributed by atoms with E-state index in [-0.39, 0.29) is 11.9 Å². The maximum Gasteiger partial charge on any atom is 0.316 e. The summed E-state index contributed by atoms with van der Waals surface area (Å²) in [5.74, 6) is -2.19. The summed E-state index contributed by atoms with van der Waals surface area (Å²) in [6.45, 7) is 5.97. The van der Waals surface area contributed by atoms with Gasteiger partial charge < -0.3 is 14.9 Å². The zero-order chi connectivity index (χ0) is 17.1. The molecule has 5 rings (SSSR count). The quantitative estimate of drug-likeness (QED) is 0.567. The average molecular weight is 330 g/mol. The summed E-state index contributed by atoms with van der Waals surface area (Å²) in [6.07, 6.45) is 5.61. The summed E-state index contributed by atoms with van der Waals surface area (Å²) < 4.78 is 5.90. The van der Waals surface area contributed by atoms with E-state index in [9.17, 15) is 19.8 Å². The molecule has 8 unspecified atom stereocenters. The Balaban J connectivity index is 1.79. The van der Waals surface area contributed by atoms with Gasteiger partial charge in [-0.15, -0.1) is 0 Å². The van der Waals surface area contributed by atoms with Crippen LogP contribution in [0, 0.1) is 34.5 Å². The Morgan fingerprint density at radius 3 is 2.88 bits per heavy atom. The molecule has 24 heavy (non-hydrogen) atoms. The van der Waals surface area contributed by atoms with Crippen LogP contribution in [0.2, 0.25) is 0 Å². The number of aliphatic hydroxyl groups is 1. The molecular formula is C19H22O5. The second kappa shape index (κ2) is 3.96. The number of aliphatic hydroxyl groups excluding tert-OH is 1. The smallest absolute Gasteiger partial charge is 0.316 e. The molecule has 1 saturated heterocycles. The molecule has 2 N–H and O–H groups in total. The van der Waals surface area contributed by atoms with Crippen molar-refractivity contribution in [2.45, 2.75) is 44.3 Å². The highest BCUT2D eigenvalue weighted by atomic mass is 16.6. The number of ether oxygens (including phenoxy) is 1. The summed E-state index contributed by atoms with van der Waals surface area (Å²) in [4.78, 5) is 25.0. The Bertz CT molecular complexity index is 725. The van der Waals surface area contributed by atoms with Crippen molar-refractivity contribution in [3.8, 4) is 0 Å². The van der Waals surface area contributed by atoms with E-state index in [2.05, 4.69) is 6.58 Å². The third-order valence-electron chi connectivity index (χ3n) is 7.95. The van der Waals surface area contributed by atoms with Crippen LogP contribution in [0.4, 0.5) is 0 Å². The van der Waals surface area contributed by atoms with Crippen molar-refractivity contribution in [2.75, 3.05) is 0 Å². The minimum absolute atomic E-state index is 0.114. The molecule has 1 heterocycles. The fourth-order valence-corrected chi connectivity index (χ4v) is 7.21. The third-order valence-corrected chi connectivity index (χ3v) is 7.95. The number of rotatable bonds is 1. The lowest BCUT2D eigenvalue weighted by atomic mass is 9.62. The highest BCUT2D eigenvalue weighted by Crippen LogP contribution is 2.76. The third kappa shape index (κ3) is 1.25. The van der Waals surface area contributed by atoms with Crippen LogP contribution >= 0.6 is 0 Å². The molecule has 4 fully saturated rings. The zero-order valence-corrected chi connectivity index (χ0v) is 13.7. The summed E-state index contributed by atoms with van der Waals surface area (Å²) in [6, 6.07) is 0.